The van der Waals surface area contributed by atoms with Crippen molar-refractivity contribution >= 4 is 22.9 Å². The second kappa shape index (κ2) is 9.88. The summed E-state index contributed by atoms with van der Waals surface area (Å²) >= 11 is 0. The summed E-state index contributed by atoms with van der Waals surface area (Å²) in [5, 5.41) is 5.81. The van der Waals surface area contributed by atoms with E-state index < -0.39 is 0 Å². The molecule has 0 spiro atoms. The Morgan fingerprint density at radius 2 is 2.04 bits per heavy atom. The minimum absolute atomic E-state index is 0.368. The van der Waals surface area contributed by atoms with Gasteiger partial charge >= 0.3 is 5.97 Å². The molecule has 1 heterocycles. The predicted octanol–water partition coefficient (Wildman–Crippen LogP) is 3.39. The molecule has 2 aromatic carbocycles. The van der Waals surface area contributed by atoms with E-state index in [1.165, 1.54) is 29.7 Å². The standard InChI is InChI=1S/C23H26N2O3/c1-28-23(27)11-10-18-6-8-19(9-7-18)17-25(14-15-26)13-12-20-16-24-22-5-3-2-4-21(20)22/h2-11,16,24,26H,12-15,17H2,1H3/b11-10+/i26T. The van der Waals surface area contributed by atoms with Gasteiger partial charge in [0, 0.05) is 42.8 Å². The van der Waals surface area contributed by atoms with Crippen LogP contribution in [0.3, 0.4) is 0 Å². The molecule has 0 saturated carbocycles. The Morgan fingerprint density at radius 3 is 2.82 bits per heavy atom. The topological polar surface area (TPSA) is 65.6 Å². The number of esters is 1. The molecule has 2 N–H and O–H groups in total. The third kappa shape index (κ3) is 5.31. The van der Waals surface area contributed by atoms with Gasteiger partial charge in [-0.1, -0.05) is 42.5 Å². The molecule has 146 valence electrons. The first-order chi connectivity index (χ1) is 14.2. The number of ether oxygens (including phenoxy) is 1. The Morgan fingerprint density at radius 1 is 1.21 bits per heavy atom. The number of nitrogens with zero attached hydrogens (tertiary/aromatic N) is 1. The fourth-order valence-corrected chi connectivity index (χ4v) is 3.24. The lowest BCUT2D eigenvalue weighted by atomic mass is 10.1. The summed E-state index contributed by atoms with van der Waals surface area (Å²) in [4.78, 5) is 16.8. The fourth-order valence-electron chi connectivity index (χ4n) is 3.24. The van der Waals surface area contributed by atoms with Gasteiger partial charge in [0.2, 0.25) is 1.43 Å². The first kappa shape index (κ1) is 18.5. The monoisotopic (exact) mass is 380 g/mol. The smallest absolute Gasteiger partial charge is 0.330 e. The number of para-hydroxylation sites is 1. The van der Waals surface area contributed by atoms with Gasteiger partial charge in [-0.05, 0) is 35.3 Å². The number of aliphatic hydroxyl groups excluding tert-OH is 1. The molecule has 1 aromatic heterocycles. The lowest BCUT2D eigenvalue weighted by Gasteiger charge is -2.21. The van der Waals surface area contributed by atoms with E-state index in [2.05, 4.69) is 56.3 Å². The highest BCUT2D eigenvalue weighted by Gasteiger charge is 2.09. The van der Waals surface area contributed by atoms with E-state index >= 15 is 0 Å². The number of H-pyrrole nitrogens is 1. The Hall–Kier alpha value is -2.89. The van der Waals surface area contributed by atoms with Crippen LogP contribution in [0.15, 0.2) is 60.8 Å². The second-order valence-corrected chi connectivity index (χ2v) is 6.69. The highest BCUT2D eigenvalue weighted by atomic mass is 16.5. The van der Waals surface area contributed by atoms with Crippen LogP contribution in [0.1, 0.15) is 16.7 Å². The summed E-state index contributed by atoms with van der Waals surface area (Å²) in [6.07, 6.45) is 6.14. The Labute approximate surface area is 166 Å². The molecule has 0 saturated heterocycles. The molecule has 5 nitrogen and oxygen atoms in total. The quantitative estimate of drug-likeness (QED) is 0.418. The molecule has 0 aliphatic heterocycles. The summed E-state index contributed by atoms with van der Waals surface area (Å²) in [6.45, 7) is 2.70. The number of aromatic nitrogens is 1. The minimum atomic E-state index is -0.368. The molecule has 28 heavy (non-hydrogen) atoms. The molecule has 0 amide bonds. The van der Waals surface area contributed by atoms with Gasteiger partial charge in [0.25, 0.3) is 0 Å². The summed E-state index contributed by atoms with van der Waals surface area (Å²) in [5.74, 6) is -0.368. The minimum Gasteiger partial charge on any atom is -0.466 e. The first-order valence-corrected chi connectivity index (χ1v) is 9.40. The van der Waals surface area contributed by atoms with Gasteiger partial charge in [-0.25, -0.2) is 4.79 Å². The molecule has 5 heteroatoms. The van der Waals surface area contributed by atoms with Crippen LogP contribution in [0, 0.1) is 0 Å². The number of nitrogens with one attached hydrogen (secondary N) is 1. The number of aromatic amines is 1. The third-order valence-electron chi connectivity index (χ3n) is 4.78. The van der Waals surface area contributed by atoms with Gasteiger partial charge in [0.05, 0.1) is 13.7 Å². The maximum absolute atomic E-state index is 11.2. The summed E-state index contributed by atoms with van der Waals surface area (Å²) < 4.78 is 11.6. The van der Waals surface area contributed by atoms with Gasteiger partial charge in [-0.2, -0.15) is 0 Å². The maximum atomic E-state index is 11.2. The van der Waals surface area contributed by atoms with Crippen molar-refractivity contribution in [3.63, 3.8) is 0 Å². The van der Waals surface area contributed by atoms with E-state index in [9.17, 15) is 4.79 Å². The van der Waals surface area contributed by atoms with Crippen molar-refractivity contribution in [2.24, 2.45) is 0 Å². The third-order valence-corrected chi connectivity index (χ3v) is 4.78. The van der Waals surface area contributed by atoms with Crippen molar-refractivity contribution < 1.29 is 14.6 Å². The van der Waals surface area contributed by atoms with Gasteiger partial charge in [-0.15, -0.1) is 0 Å². The van der Waals surface area contributed by atoms with E-state index in [0.717, 1.165) is 30.6 Å². The number of benzene rings is 2. The highest BCUT2D eigenvalue weighted by molar-refractivity contribution is 5.86. The van der Waals surface area contributed by atoms with Crippen LogP contribution in [0.4, 0.5) is 0 Å². The van der Waals surface area contributed by atoms with Crippen molar-refractivity contribution in [2.75, 3.05) is 26.8 Å². The lowest BCUT2D eigenvalue weighted by molar-refractivity contribution is -0.134. The number of fused-ring (bicyclic) bond motifs is 1. The van der Waals surface area contributed by atoms with Gasteiger partial charge < -0.3 is 14.8 Å². The van der Waals surface area contributed by atoms with E-state index in [4.69, 9.17) is 1.43 Å². The van der Waals surface area contributed by atoms with Gasteiger partial charge in [0.1, 0.15) is 0 Å². The Kier molecular flexibility index (Phi) is 6.51. The van der Waals surface area contributed by atoms with E-state index in [1.54, 1.807) is 6.08 Å². The molecule has 3 rings (SSSR count). The van der Waals surface area contributed by atoms with Crippen LogP contribution in [0.25, 0.3) is 17.0 Å². The highest BCUT2D eigenvalue weighted by Crippen LogP contribution is 2.19. The molecular weight excluding hydrogens is 352 g/mol. The average molecular weight is 380 g/mol. The van der Waals surface area contributed by atoms with Crippen molar-refractivity contribution in [3.8, 4) is 0 Å². The van der Waals surface area contributed by atoms with Crippen molar-refractivity contribution in [1.29, 1.82) is 1.43 Å². The average Bonchev–Trinajstić information content (AvgIpc) is 3.18. The number of carbonyl (C=O) groups excluding carboxylic acids is 1. The molecule has 0 unspecified atom stereocenters. The predicted molar refractivity (Wildman–Crippen MR) is 112 cm³/mol. The van der Waals surface area contributed by atoms with Crippen molar-refractivity contribution in [3.05, 3.63) is 77.5 Å². The number of methoxy groups -OCH3 is 1. The zero-order chi connectivity index (χ0) is 20.5. The molecule has 0 radical (unpaired) electrons. The van der Waals surface area contributed by atoms with Crippen molar-refractivity contribution in [1.82, 2.24) is 9.88 Å². The van der Waals surface area contributed by atoms with Crippen molar-refractivity contribution in [2.45, 2.75) is 13.0 Å². The second-order valence-electron chi connectivity index (χ2n) is 6.69. The van der Waals surface area contributed by atoms with Gasteiger partial charge in [0.15, 0.2) is 0 Å². The zero-order valence-electron chi connectivity index (χ0n) is 17.1. The van der Waals surface area contributed by atoms with Gasteiger partial charge in [-0.3, -0.25) is 4.90 Å². The first-order valence-electron chi connectivity index (χ1n) is 9.81. The maximum Gasteiger partial charge on any atom is 0.330 e. The summed E-state index contributed by atoms with van der Waals surface area (Å²) in [7, 11) is 1.36. The van der Waals surface area contributed by atoms with Crippen LogP contribution < -0.4 is 0 Å². The number of rotatable bonds is 10. The zero-order valence-corrected chi connectivity index (χ0v) is 16.1. The number of carbonyl (C=O) groups is 1. The van der Waals surface area contributed by atoms with Crippen LogP contribution >= 0.6 is 0 Å². The molecule has 0 bridgehead atoms. The SMILES string of the molecule is [3H]OCCN(CCc1c[nH]c2ccccc12)Cc1ccc(/C=C/C(=O)OC)cc1. The molecular formula is C23H26N2O3. The van der Waals surface area contributed by atoms with E-state index in [0.29, 0.717) is 13.2 Å². The molecule has 3 aromatic rings. The molecule has 0 atom stereocenters. The number of hydrogen-bond acceptors (Lipinski definition) is 4. The summed E-state index contributed by atoms with van der Waals surface area (Å²) in [6, 6.07) is 16.4. The molecule has 0 aliphatic carbocycles. The Bertz CT molecular complexity index is 950. The van der Waals surface area contributed by atoms with E-state index in [1.807, 2.05) is 18.2 Å². The van der Waals surface area contributed by atoms with Crippen LogP contribution in [0.2, 0.25) is 0 Å². The summed E-state index contributed by atoms with van der Waals surface area (Å²) in [5.41, 5.74) is 4.56. The fraction of sp³-hybridized carbons (Fsp3) is 0.261. The Balaban J connectivity index is 1.62. The largest absolute Gasteiger partial charge is 0.466 e. The number of hydrogen-bond donors (Lipinski definition) is 2. The van der Waals surface area contributed by atoms with Crippen LogP contribution in [0.5, 0.6) is 0 Å². The lowest BCUT2D eigenvalue weighted by Crippen LogP contribution is -2.28. The van der Waals surface area contributed by atoms with E-state index in [-0.39, 0.29) is 5.97 Å². The molecule has 0 aliphatic rings. The van der Waals surface area contributed by atoms with Crippen LogP contribution in [-0.2, 0) is 22.5 Å². The normalized spacial score (nSPS) is 12.0. The molecule has 0 fully saturated rings. The van der Waals surface area contributed by atoms with Crippen LogP contribution in [-0.4, -0.2) is 49.2 Å². The number of aliphatic hydroxyl groups is 1.